The summed E-state index contributed by atoms with van der Waals surface area (Å²) < 4.78 is 1.95. The first kappa shape index (κ1) is 14.0. The number of aryl methyl sites for hydroxylation is 1. The maximum absolute atomic E-state index is 5.89. The SMILES string of the molecule is Cc1cc(-c2nnnn2CC2CCCC(C)C2)ccc1N. The van der Waals surface area contributed by atoms with Crippen LogP contribution >= 0.6 is 0 Å². The van der Waals surface area contributed by atoms with Crippen LogP contribution in [0.2, 0.25) is 0 Å². The Kier molecular flexibility index (Phi) is 3.90. The van der Waals surface area contributed by atoms with Crippen LogP contribution in [-0.2, 0) is 6.54 Å². The van der Waals surface area contributed by atoms with Crippen LogP contribution < -0.4 is 5.73 Å². The van der Waals surface area contributed by atoms with Crippen LogP contribution in [0.3, 0.4) is 0 Å². The Labute approximate surface area is 125 Å². The van der Waals surface area contributed by atoms with Crippen molar-refractivity contribution < 1.29 is 0 Å². The third kappa shape index (κ3) is 3.06. The molecule has 1 aromatic carbocycles. The molecule has 2 N–H and O–H groups in total. The van der Waals surface area contributed by atoms with E-state index in [0.717, 1.165) is 35.1 Å². The number of nitrogen functional groups attached to an aromatic ring is 1. The van der Waals surface area contributed by atoms with Gasteiger partial charge in [0, 0.05) is 17.8 Å². The van der Waals surface area contributed by atoms with Crippen LogP contribution in [0.4, 0.5) is 5.69 Å². The van der Waals surface area contributed by atoms with Gasteiger partial charge in [0.2, 0.25) is 0 Å². The van der Waals surface area contributed by atoms with Gasteiger partial charge in [0.1, 0.15) is 0 Å². The summed E-state index contributed by atoms with van der Waals surface area (Å²) in [5, 5.41) is 12.3. The summed E-state index contributed by atoms with van der Waals surface area (Å²) >= 11 is 0. The lowest BCUT2D eigenvalue weighted by molar-refractivity contribution is 0.249. The molecule has 5 nitrogen and oxygen atoms in total. The quantitative estimate of drug-likeness (QED) is 0.880. The molecule has 21 heavy (non-hydrogen) atoms. The zero-order chi connectivity index (χ0) is 14.8. The largest absolute Gasteiger partial charge is 0.399 e. The molecule has 0 bridgehead atoms. The Balaban J connectivity index is 1.81. The van der Waals surface area contributed by atoms with E-state index in [0.29, 0.717) is 5.92 Å². The number of tetrazole rings is 1. The van der Waals surface area contributed by atoms with Crippen LogP contribution in [0, 0.1) is 18.8 Å². The number of benzene rings is 1. The smallest absolute Gasteiger partial charge is 0.182 e. The van der Waals surface area contributed by atoms with Gasteiger partial charge in [0.15, 0.2) is 5.82 Å². The second kappa shape index (κ2) is 5.84. The first-order valence-electron chi connectivity index (χ1n) is 7.76. The standard InChI is InChI=1S/C16H23N5/c1-11-4-3-5-13(8-11)10-21-16(18-19-20-21)14-6-7-15(17)12(2)9-14/h6-7,9,11,13H,3-5,8,10,17H2,1-2H3. The number of aromatic nitrogens is 4. The van der Waals surface area contributed by atoms with E-state index in [2.05, 4.69) is 28.5 Å². The fourth-order valence-corrected chi connectivity index (χ4v) is 3.32. The van der Waals surface area contributed by atoms with Crippen molar-refractivity contribution in [3.63, 3.8) is 0 Å². The summed E-state index contributed by atoms with van der Waals surface area (Å²) in [6.07, 6.45) is 5.24. The number of nitrogens with zero attached hydrogens (tertiary/aromatic N) is 4. The number of nitrogens with two attached hydrogens (primary N) is 1. The number of rotatable bonds is 3. The second-order valence-corrected chi connectivity index (χ2v) is 6.39. The average molecular weight is 285 g/mol. The van der Waals surface area contributed by atoms with Crippen LogP contribution in [0.5, 0.6) is 0 Å². The topological polar surface area (TPSA) is 69.6 Å². The van der Waals surface area contributed by atoms with E-state index in [1.807, 2.05) is 23.7 Å². The Morgan fingerprint density at radius 3 is 2.95 bits per heavy atom. The highest BCUT2D eigenvalue weighted by molar-refractivity contribution is 5.61. The van der Waals surface area contributed by atoms with Crippen molar-refractivity contribution in [3.8, 4) is 11.4 Å². The maximum Gasteiger partial charge on any atom is 0.182 e. The predicted octanol–water partition coefficient (Wildman–Crippen LogP) is 3.06. The van der Waals surface area contributed by atoms with Crippen molar-refractivity contribution in [1.29, 1.82) is 0 Å². The van der Waals surface area contributed by atoms with Crippen molar-refractivity contribution in [2.24, 2.45) is 11.8 Å². The van der Waals surface area contributed by atoms with Crippen molar-refractivity contribution in [2.75, 3.05) is 5.73 Å². The van der Waals surface area contributed by atoms with E-state index in [4.69, 9.17) is 5.73 Å². The number of hydrogen-bond acceptors (Lipinski definition) is 4. The number of hydrogen-bond donors (Lipinski definition) is 1. The van der Waals surface area contributed by atoms with Gasteiger partial charge in [-0.3, -0.25) is 0 Å². The van der Waals surface area contributed by atoms with E-state index in [9.17, 15) is 0 Å². The third-order valence-electron chi connectivity index (χ3n) is 4.54. The van der Waals surface area contributed by atoms with Crippen LogP contribution in [0.15, 0.2) is 18.2 Å². The molecule has 2 atom stereocenters. The van der Waals surface area contributed by atoms with E-state index < -0.39 is 0 Å². The molecule has 0 radical (unpaired) electrons. The highest BCUT2D eigenvalue weighted by atomic mass is 15.5. The molecule has 1 aliphatic carbocycles. The Morgan fingerprint density at radius 2 is 2.19 bits per heavy atom. The lowest BCUT2D eigenvalue weighted by Crippen LogP contribution is -2.19. The van der Waals surface area contributed by atoms with Gasteiger partial charge in [-0.05, 0) is 65.8 Å². The average Bonchev–Trinajstić information content (AvgIpc) is 2.90. The fraction of sp³-hybridized carbons (Fsp3) is 0.562. The predicted molar refractivity (Wildman–Crippen MR) is 83.5 cm³/mol. The molecule has 1 fully saturated rings. The Bertz CT molecular complexity index is 619. The van der Waals surface area contributed by atoms with Gasteiger partial charge in [-0.1, -0.05) is 19.8 Å². The fourth-order valence-electron chi connectivity index (χ4n) is 3.32. The molecule has 0 aliphatic heterocycles. The molecule has 0 amide bonds. The van der Waals surface area contributed by atoms with E-state index in [1.54, 1.807) is 0 Å². The van der Waals surface area contributed by atoms with Crippen LogP contribution in [-0.4, -0.2) is 20.2 Å². The molecule has 0 spiro atoms. The highest BCUT2D eigenvalue weighted by Crippen LogP contribution is 2.30. The van der Waals surface area contributed by atoms with E-state index in [1.165, 1.54) is 25.7 Å². The number of anilines is 1. The Morgan fingerprint density at radius 1 is 1.33 bits per heavy atom. The van der Waals surface area contributed by atoms with Gasteiger partial charge in [-0.15, -0.1) is 5.10 Å². The zero-order valence-electron chi connectivity index (χ0n) is 12.8. The maximum atomic E-state index is 5.89. The van der Waals surface area contributed by atoms with Gasteiger partial charge in [-0.25, -0.2) is 4.68 Å². The zero-order valence-corrected chi connectivity index (χ0v) is 12.8. The lowest BCUT2D eigenvalue weighted by atomic mass is 9.82. The molecule has 112 valence electrons. The first-order chi connectivity index (χ1) is 10.1. The van der Waals surface area contributed by atoms with Crippen molar-refractivity contribution in [3.05, 3.63) is 23.8 Å². The van der Waals surface area contributed by atoms with Crippen LogP contribution in [0.25, 0.3) is 11.4 Å². The third-order valence-corrected chi connectivity index (χ3v) is 4.54. The van der Waals surface area contributed by atoms with Crippen molar-refractivity contribution in [2.45, 2.75) is 46.1 Å². The molecule has 5 heteroatoms. The van der Waals surface area contributed by atoms with E-state index >= 15 is 0 Å². The minimum Gasteiger partial charge on any atom is -0.399 e. The van der Waals surface area contributed by atoms with Crippen molar-refractivity contribution in [1.82, 2.24) is 20.2 Å². The van der Waals surface area contributed by atoms with Crippen LogP contribution in [0.1, 0.15) is 38.2 Å². The van der Waals surface area contributed by atoms with Crippen molar-refractivity contribution >= 4 is 5.69 Å². The summed E-state index contributed by atoms with van der Waals surface area (Å²) in [5.74, 6) is 2.35. The summed E-state index contributed by atoms with van der Waals surface area (Å²) in [6.45, 7) is 5.27. The molecular weight excluding hydrogens is 262 g/mol. The molecule has 3 rings (SSSR count). The molecule has 0 saturated heterocycles. The second-order valence-electron chi connectivity index (χ2n) is 6.39. The Hall–Kier alpha value is -1.91. The molecular formula is C16H23N5. The summed E-state index contributed by atoms with van der Waals surface area (Å²) in [4.78, 5) is 0. The molecule has 2 aromatic rings. The summed E-state index contributed by atoms with van der Waals surface area (Å²) in [5.41, 5.74) is 8.79. The molecule has 1 aromatic heterocycles. The molecule has 1 saturated carbocycles. The van der Waals surface area contributed by atoms with Gasteiger partial charge in [-0.2, -0.15) is 0 Å². The summed E-state index contributed by atoms with van der Waals surface area (Å²) in [7, 11) is 0. The van der Waals surface area contributed by atoms with Gasteiger partial charge >= 0.3 is 0 Å². The molecule has 1 heterocycles. The molecule has 1 aliphatic rings. The van der Waals surface area contributed by atoms with E-state index in [-0.39, 0.29) is 0 Å². The normalized spacial score (nSPS) is 22.4. The highest BCUT2D eigenvalue weighted by Gasteiger charge is 2.21. The summed E-state index contributed by atoms with van der Waals surface area (Å²) in [6, 6.07) is 5.97. The monoisotopic (exact) mass is 285 g/mol. The van der Waals surface area contributed by atoms with Gasteiger partial charge in [0.05, 0.1) is 0 Å². The first-order valence-corrected chi connectivity index (χ1v) is 7.76. The minimum absolute atomic E-state index is 0.686. The van der Waals surface area contributed by atoms with Gasteiger partial charge < -0.3 is 5.73 Å². The minimum atomic E-state index is 0.686. The molecule has 2 unspecified atom stereocenters. The van der Waals surface area contributed by atoms with Gasteiger partial charge in [0.25, 0.3) is 0 Å². The lowest BCUT2D eigenvalue weighted by Gasteiger charge is -2.26.